The second-order valence-corrected chi connectivity index (χ2v) is 6.87. The molecule has 24 heavy (non-hydrogen) atoms. The summed E-state index contributed by atoms with van der Waals surface area (Å²) in [5, 5.41) is 0. The Morgan fingerprint density at radius 2 is 2.04 bits per heavy atom. The Labute approximate surface area is 141 Å². The van der Waals surface area contributed by atoms with Crippen LogP contribution in [0.2, 0.25) is 0 Å². The minimum Gasteiger partial charge on any atom is -0.460 e. The second-order valence-electron chi connectivity index (χ2n) is 6.87. The van der Waals surface area contributed by atoms with Crippen molar-refractivity contribution in [2.75, 3.05) is 6.61 Å². The first-order chi connectivity index (χ1) is 11.4. The number of pyridine rings is 1. The third-order valence-corrected chi connectivity index (χ3v) is 4.59. The molecule has 0 amide bonds. The first-order valence-corrected chi connectivity index (χ1v) is 8.42. The standard InChI is InChI=1S/C18H25NO5/c1-11(2)14-6-4-12(3)8-15(14)24-17(21)10-23-18(22)13-5-7-16(20)19-9-13/h5,7,9,11-12,14-15H,4,6,8,10H2,1-3H3,(H,19,20)/t12-,14+,15+/m0/s1. The number of hydrogen-bond acceptors (Lipinski definition) is 5. The molecule has 0 aliphatic heterocycles. The molecule has 1 aliphatic carbocycles. The molecule has 1 saturated carbocycles. The highest BCUT2D eigenvalue weighted by Gasteiger charge is 2.33. The maximum absolute atomic E-state index is 12.0. The van der Waals surface area contributed by atoms with Gasteiger partial charge >= 0.3 is 11.9 Å². The average molecular weight is 335 g/mol. The van der Waals surface area contributed by atoms with Crippen LogP contribution in [0.5, 0.6) is 0 Å². The molecular formula is C18H25NO5. The zero-order valence-electron chi connectivity index (χ0n) is 14.4. The number of aromatic nitrogens is 1. The van der Waals surface area contributed by atoms with E-state index in [0.717, 1.165) is 19.3 Å². The predicted molar refractivity (Wildman–Crippen MR) is 88.6 cm³/mol. The summed E-state index contributed by atoms with van der Waals surface area (Å²) in [4.78, 5) is 37.2. The van der Waals surface area contributed by atoms with E-state index >= 15 is 0 Å². The second kappa shape index (κ2) is 8.13. The molecule has 6 nitrogen and oxygen atoms in total. The van der Waals surface area contributed by atoms with E-state index in [1.165, 1.54) is 18.3 Å². The Bertz CT molecular complexity index is 616. The molecule has 1 N–H and O–H groups in total. The van der Waals surface area contributed by atoms with Crippen molar-refractivity contribution in [2.24, 2.45) is 17.8 Å². The summed E-state index contributed by atoms with van der Waals surface area (Å²) in [6, 6.07) is 2.58. The van der Waals surface area contributed by atoms with E-state index < -0.39 is 18.5 Å². The van der Waals surface area contributed by atoms with Crippen LogP contribution in [0.1, 0.15) is 50.4 Å². The minimum atomic E-state index is -0.666. The number of hydrogen-bond donors (Lipinski definition) is 1. The molecule has 3 atom stereocenters. The van der Waals surface area contributed by atoms with Crippen molar-refractivity contribution in [2.45, 2.75) is 46.1 Å². The Hall–Kier alpha value is -2.11. The average Bonchev–Trinajstić information content (AvgIpc) is 2.53. The molecular weight excluding hydrogens is 310 g/mol. The number of carbonyl (C=O) groups excluding carboxylic acids is 2. The van der Waals surface area contributed by atoms with Gasteiger partial charge in [-0.05, 0) is 36.7 Å². The molecule has 0 saturated heterocycles. The van der Waals surface area contributed by atoms with E-state index in [-0.39, 0.29) is 17.2 Å². The van der Waals surface area contributed by atoms with Gasteiger partial charge in [0.1, 0.15) is 6.10 Å². The summed E-state index contributed by atoms with van der Waals surface area (Å²) in [6.45, 7) is 6.01. The van der Waals surface area contributed by atoms with Crippen molar-refractivity contribution in [3.05, 3.63) is 34.2 Å². The van der Waals surface area contributed by atoms with Crippen molar-refractivity contribution < 1.29 is 19.1 Å². The summed E-state index contributed by atoms with van der Waals surface area (Å²) in [5.41, 5.74) is -0.120. The van der Waals surface area contributed by atoms with Gasteiger partial charge in [0.25, 0.3) is 0 Å². The van der Waals surface area contributed by atoms with Crippen LogP contribution in [0.25, 0.3) is 0 Å². The van der Waals surface area contributed by atoms with Crippen LogP contribution in [0.3, 0.4) is 0 Å². The molecule has 6 heteroatoms. The van der Waals surface area contributed by atoms with Gasteiger partial charge in [-0.1, -0.05) is 27.2 Å². The van der Waals surface area contributed by atoms with Gasteiger partial charge in [-0.3, -0.25) is 4.79 Å². The number of esters is 2. The van der Waals surface area contributed by atoms with Crippen LogP contribution >= 0.6 is 0 Å². The molecule has 0 bridgehead atoms. The topological polar surface area (TPSA) is 85.5 Å². The molecule has 1 aliphatic rings. The van der Waals surface area contributed by atoms with Crippen LogP contribution in [0.4, 0.5) is 0 Å². The van der Waals surface area contributed by atoms with Crippen molar-refractivity contribution in [1.82, 2.24) is 4.98 Å². The Balaban J connectivity index is 1.86. The van der Waals surface area contributed by atoms with Crippen LogP contribution in [0.15, 0.2) is 23.1 Å². The number of H-pyrrole nitrogens is 1. The fraction of sp³-hybridized carbons (Fsp3) is 0.611. The molecule has 2 rings (SSSR count). The number of aromatic amines is 1. The maximum atomic E-state index is 12.0. The van der Waals surface area contributed by atoms with E-state index in [9.17, 15) is 14.4 Å². The zero-order valence-corrected chi connectivity index (χ0v) is 14.4. The van der Waals surface area contributed by atoms with Crippen LogP contribution in [-0.4, -0.2) is 29.6 Å². The minimum absolute atomic E-state index is 0.118. The van der Waals surface area contributed by atoms with Gasteiger partial charge in [0.2, 0.25) is 5.56 Å². The lowest BCUT2D eigenvalue weighted by Crippen LogP contribution is -2.36. The van der Waals surface area contributed by atoms with Crippen LogP contribution < -0.4 is 5.56 Å². The van der Waals surface area contributed by atoms with E-state index in [1.807, 2.05) is 0 Å². The molecule has 1 heterocycles. The van der Waals surface area contributed by atoms with E-state index in [0.29, 0.717) is 17.8 Å². The molecule has 1 fully saturated rings. The number of carbonyl (C=O) groups is 2. The first kappa shape index (κ1) is 18.2. The molecule has 1 aromatic rings. The Kier molecular flexibility index (Phi) is 6.17. The maximum Gasteiger partial charge on any atom is 0.344 e. The summed E-state index contributed by atoms with van der Waals surface area (Å²) in [5.74, 6) is 0.124. The third kappa shape index (κ3) is 4.94. The SMILES string of the molecule is CC(C)[C@H]1CC[C@H](C)C[C@H]1OC(=O)COC(=O)c1ccc(=O)[nH]c1. The monoisotopic (exact) mass is 335 g/mol. The number of rotatable bonds is 5. The fourth-order valence-electron chi connectivity index (χ4n) is 3.20. The highest BCUT2D eigenvalue weighted by atomic mass is 16.6. The summed E-state index contributed by atoms with van der Waals surface area (Å²) < 4.78 is 10.5. The van der Waals surface area contributed by atoms with Crippen molar-refractivity contribution >= 4 is 11.9 Å². The summed E-state index contributed by atoms with van der Waals surface area (Å²) in [6.07, 6.45) is 4.19. The van der Waals surface area contributed by atoms with Crippen LogP contribution in [0, 0.1) is 17.8 Å². The molecule has 0 unspecified atom stereocenters. The van der Waals surface area contributed by atoms with Gasteiger partial charge in [0.05, 0.1) is 5.56 Å². The van der Waals surface area contributed by atoms with Gasteiger partial charge in [0, 0.05) is 12.3 Å². The van der Waals surface area contributed by atoms with Crippen LogP contribution in [-0.2, 0) is 14.3 Å². The smallest absolute Gasteiger partial charge is 0.344 e. The van der Waals surface area contributed by atoms with Gasteiger partial charge < -0.3 is 14.5 Å². The van der Waals surface area contributed by atoms with E-state index in [1.54, 1.807) is 0 Å². The first-order valence-electron chi connectivity index (χ1n) is 8.42. The summed E-state index contributed by atoms with van der Waals surface area (Å²) in [7, 11) is 0. The lowest BCUT2D eigenvalue weighted by atomic mass is 9.75. The fourth-order valence-corrected chi connectivity index (χ4v) is 3.20. The third-order valence-electron chi connectivity index (χ3n) is 4.59. The summed E-state index contributed by atoms with van der Waals surface area (Å²) >= 11 is 0. The highest BCUT2D eigenvalue weighted by molar-refractivity contribution is 5.90. The molecule has 0 radical (unpaired) electrons. The molecule has 0 spiro atoms. The van der Waals surface area contributed by atoms with Gasteiger partial charge in [-0.2, -0.15) is 0 Å². The number of nitrogens with one attached hydrogen (secondary N) is 1. The normalized spacial score (nSPS) is 23.8. The molecule has 1 aromatic heterocycles. The largest absolute Gasteiger partial charge is 0.460 e. The quantitative estimate of drug-likeness (QED) is 0.836. The highest BCUT2D eigenvalue weighted by Crippen LogP contribution is 2.35. The van der Waals surface area contributed by atoms with Crippen molar-refractivity contribution in [3.8, 4) is 0 Å². The van der Waals surface area contributed by atoms with Gasteiger partial charge in [-0.25, -0.2) is 9.59 Å². The Morgan fingerprint density at radius 3 is 2.67 bits per heavy atom. The van der Waals surface area contributed by atoms with E-state index in [4.69, 9.17) is 9.47 Å². The predicted octanol–water partition coefficient (Wildman–Crippen LogP) is 2.54. The number of ether oxygens (including phenoxy) is 2. The van der Waals surface area contributed by atoms with Gasteiger partial charge in [-0.15, -0.1) is 0 Å². The van der Waals surface area contributed by atoms with Crippen molar-refractivity contribution in [3.63, 3.8) is 0 Å². The lowest BCUT2D eigenvalue weighted by Gasteiger charge is -2.36. The Morgan fingerprint density at radius 1 is 1.29 bits per heavy atom. The van der Waals surface area contributed by atoms with Gasteiger partial charge in [0.15, 0.2) is 6.61 Å². The van der Waals surface area contributed by atoms with Crippen molar-refractivity contribution in [1.29, 1.82) is 0 Å². The lowest BCUT2D eigenvalue weighted by molar-refractivity contribution is -0.159. The van der Waals surface area contributed by atoms with E-state index in [2.05, 4.69) is 25.8 Å². The molecule has 0 aromatic carbocycles. The molecule has 132 valence electrons. The zero-order chi connectivity index (χ0) is 17.7.